The van der Waals surface area contributed by atoms with Gasteiger partial charge in [-0.05, 0) is 6.42 Å². The first-order chi connectivity index (χ1) is 13.7. The third kappa shape index (κ3) is 24.4. The fourth-order valence-electron chi connectivity index (χ4n) is 4.42. The number of carbonyl (C=O) groups is 1. The van der Waals surface area contributed by atoms with E-state index in [1.807, 2.05) is 0 Å². The standard InChI is InChI=1S/C26H54N2O.HI/c1-7-8-9-10-11-12-13-14-15-16-17-18-19-20-21-22-25(29)27-23-26(2,3)24-28(4,5)6;/h7-24H2,1-6H3;1H. The van der Waals surface area contributed by atoms with Crippen LogP contribution in [0.1, 0.15) is 124 Å². The van der Waals surface area contributed by atoms with E-state index in [4.69, 9.17) is 0 Å². The zero-order valence-electron chi connectivity index (χ0n) is 21.5. The molecule has 0 atom stereocenters. The van der Waals surface area contributed by atoms with Gasteiger partial charge in [-0.1, -0.05) is 111 Å². The van der Waals surface area contributed by atoms with Crippen molar-refractivity contribution in [3.63, 3.8) is 0 Å². The van der Waals surface area contributed by atoms with Crippen LogP contribution in [0.5, 0.6) is 0 Å². The van der Waals surface area contributed by atoms with E-state index in [1.165, 1.54) is 89.9 Å². The van der Waals surface area contributed by atoms with Gasteiger partial charge in [0.2, 0.25) is 5.91 Å². The average Bonchev–Trinajstić information content (AvgIpc) is 2.61. The van der Waals surface area contributed by atoms with Crippen LogP contribution in [-0.4, -0.2) is 44.6 Å². The van der Waals surface area contributed by atoms with E-state index in [1.54, 1.807) is 0 Å². The number of nitrogens with zero attached hydrogens (tertiary/aromatic N) is 1. The summed E-state index contributed by atoms with van der Waals surface area (Å²) in [6, 6.07) is 0. The van der Waals surface area contributed by atoms with Crippen molar-refractivity contribution in [3.05, 3.63) is 0 Å². The van der Waals surface area contributed by atoms with Crippen molar-refractivity contribution in [2.75, 3.05) is 34.2 Å². The van der Waals surface area contributed by atoms with Gasteiger partial charge in [0.15, 0.2) is 0 Å². The molecule has 0 aromatic carbocycles. The number of nitrogens with one attached hydrogen (secondary N) is 1. The van der Waals surface area contributed by atoms with Crippen LogP contribution >= 0.6 is 0 Å². The Bertz CT molecular complexity index is 391. The Morgan fingerprint density at radius 3 is 1.43 bits per heavy atom. The van der Waals surface area contributed by atoms with E-state index < -0.39 is 0 Å². The monoisotopic (exact) mass is 538 g/mol. The van der Waals surface area contributed by atoms with Crippen molar-refractivity contribution in [1.82, 2.24) is 5.32 Å². The van der Waals surface area contributed by atoms with Gasteiger partial charge in [0, 0.05) is 18.4 Å². The van der Waals surface area contributed by atoms with Crippen molar-refractivity contribution in [3.8, 4) is 0 Å². The molecular weight excluding hydrogens is 483 g/mol. The molecule has 0 rings (SSSR count). The minimum absolute atomic E-state index is 0. The highest BCUT2D eigenvalue weighted by molar-refractivity contribution is 5.75. The largest absolute Gasteiger partial charge is 1.00 e. The minimum atomic E-state index is 0. The molecule has 3 nitrogen and oxygen atoms in total. The summed E-state index contributed by atoms with van der Waals surface area (Å²) in [5, 5.41) is 3.15. The minimum Gasteiger partial charge on any atom is -1.00 e. The van der Waals surface area contributed by atoms with Crippen molar-refractivity contribution in [2.45, 2.75) is 124 Å². The van der Waals surface area contributed by atoms with Gasteiger partial charge in [0.05, 0.1) is 27.7 Å². The van der Waals surface area contributed by atoms with E-state index >= 15 is 0 Å². The highest BCUT2D eigenvalue weighted by Gasteiger charge is 2.26. The van der Waals surface area contributed by atoms with Crippen molar-refractivity contribution in [1.29, 1.82) is 0 Å². The second-order valence-corrected chi connectivity index (χ2v) is 11.1. The summed E-state index contributed by atoms with van der Waals surface area (Å²) in [5.74, 6) is 0.231. The normalized spacial score (nSPS) is 11.9. The van der Waals surface area contributed by atoms with Gasteiger partial charge >= 0.3 is 0 Å². The molecular formula is C26H55IN2O. The number of quaternary nitrogens is 1. The van der Waals surface area contributed by atoms with Crippen LogP contribution in [0.3, 0.4) is 0 Å². The van der Waals surface area contributed by atoms with Crippen molar-refractivity contribution >= 4 is 5.91 Å². The van der Waals surface area contributed by atoms with Gasteiger partial charge in [-0.3, -0.25) is 4.79 Å². The Balaban J connectivity index is 0. The Labute approximate surface area is 207 Å². The molecule has 0 heterocycles. The Morgan fingerprint density at radius 2 is 1.07 bits per heavy atom. The highest BCUT2D eigenvalue weighted by Crippen LogP contribution is 2.17. The summed E-state index contributed by atoms with van der Waals surface area (Å²) in [7, 11) is 6.62. The Kier molecular flexibility index (Phi) is 21.4. The van der Waals surface area contributed by atoms with Gasteiger partial charge in [-0.25, -0.2) is 0 Å². The molecule has 0 saturated carbocycles. The number of hydrogen-bond donors (Lipinski definition) is 1. The molecule has 0 saturated heterocycles. The number of hydrogen-bond acceptors (Lipinski definition) is 1. The molecule has 0 aliphatic carbocycles. The van der Waals surface area contributed by atoms with Crippen molar-refractivity contribution < 1.29 is 33.3 Å². The molecule has 1 amide bonds. The smallest absolute Gasteiger partial charge is 0.220 e. The molecule has 0 unspecified atom stereocenters. The molecule has 182 valence electrons. The lowest BCUT2D eigenvalue weighted by atomic mass is 9.92. The SMILES string of the molecule is CCCCCCCCCCCCCCCCCC(=O)NCC(C)(C)C[N+](C)(C)C.[I-]. The summed E-state index contributed by atoms with van der Waals surface area (Å²) in [6.45, 7) is 8.61. The molecule has 30 heavy (non-hydrogen) atoms. The molecule has 0 aromatic rings. The molecule has 1 N–H and O–H groups in total. The van der Waals surface area contributed by atoms with Crippen molar-refractivity contribution in [2.24, 2.45) is 5.41 Å². The first kappa shape index (κ1) is 32.3. The zero-order valence-corrected chi connectivity index (χ0v) is 23.6. The van der Waals surface area contributed by atoms with E-state index in [9.17, 15) is 4.79 Å². The maximum absolute atomic E-state index is 12.1. The molecule has 0 bridgehead atoms. The van der Waals surface area contributed by atoms with Crippen LogP contribution in [0.15, 0.2) is 0 Å². The first-order valence-corrected chi connectivity index (χ1v) is 12.7. The molecule has 4 heteroatoms. The number of unbranched alkanes of at least 4 members (excludes halogenated alkanes) is 14. The molecule has 0 aromatic heterocycles. The maximum atomic E-state index is 12.1. The first-order valence-electron chi connectivity index (χ1n) is 12.7. The molecule has 0 spiro atoms. The highest BCUT2D eigenvalue weighted by atomic mass is 127. The third-order valence-corrected chi connectivity index (χ3v) is 5.67. The van der Waals surface area contributed by atoms with Gasteiger partial charge in [-0.2, -0.15) is 0 Å². The summed E-state index contributed by atoms with van der Waals surface area (Å²) in [6.07, 6.45) is 21.2. The van der Waals surface area contributed by atoms with Crippen LogP contribution in [0.2, 0.25) is 0 Å². The summed E-state index contributed by atoms with van der Waals surface area (Å²) < 4.78 is 0.932. The maximum Gasteiger partial charge on any atom is 0.220 e. The summed E-state index contributed by atoms with van der Waals surface area (Å²) in [5.41, 5.74) is 0.142. The van der Waals surface area contributed by atoms with Gasteiger partial charge in [0.25, 0.3) is 0 Å². The van der Waals surface area contributed by atoms with Crippen LogP contribution in [-0.2, 0) is 4.79 Å². The number of amides is 1. The van der Waals surface area contributed by atoms with Crippen LogP contribution in [0, 0.1) is 5.41 Å². The van der Waals surface area contributed by atoms with Gasteiger partial charge in [0.1, 0.15) is 0 Å². The predicted molar refractivity (Wildman–Crippen MR) is 129 cm³/mol. The Hall–Kier alpha value is 0.160. The van der Waals surface area contributed by atoms with Gasteiger partial charge < -0.3 is 33.8 Å². The van der Waals surface area contributed by atoms with E-state index in [2.05, 4.69) is 47.2 Å². The number of rotatable bonds is 20. The predicted octanol–water partition coefficient (Wildman–Crippen LogP) is 4.10. The average molecular weight is 539 g/mol. The second kappa shape index (κ2) is 19.8. The molecule has 0 aliphatic heterocycles. The lowest BCUT2D eigenvalue weighted by Crippen LogP contribution is -3.00. The quantitative estimate of drug-likeness (QED) is 0.141. The van der Waals surface area contributed by atoms with Crippen LogP contribution in [0.4, 0.5) is 0 Å². The fourth-order valence-corrected chi connectivity index (χ4v) is 4.42. The molecule has 0 radical (unpaired) electrons. The zero-order chi connectivity index (χ0) is 22.0. The number of carbonyl (C=O) groups excluding carboxylic acids is 1. The van der Waals surface area contributed by atoms with Crippen LogP contribution in [0.25, 0.3) is 0 Å². The van der Waals surface area contributed by atoms with E-state index in [0.717, 1.165) is 24.0 Å². The summed E-state index contributed by atoms with van der Waals surface area (Å²) in [4.78, 5) is 12.1. The van der Waals surface area contributed by atoms with Crippen LogP contribution < -0.4 is 29.3 Å². The molecule has 0 aliphatic rings. The summed E-state index contributed by atoms with van der Waals surface area (Å²) >= 11 is 0. The topological polar surface area (TPSA) is 29.1 Å². The molecule has 0 fully saturated rings. The Morgan fingerprint density at radius 1 is 0.700 bits per heavy atom. The van der Waals surface area contributed by atoms with E-state index in [0.29, 0.717) is 6.42 Å². The lowest BCUT2D eigenvalue weighted by Gasteiger charge is -2.34. The van der Waals surface area contributed by atoms with E-state index in [-0.39, 0.29) is 35.3 Å². The second-order valence-electron chi connectivity index (χ2n) is 11.1. The fraction of sp³-hybridized carbons (Fsp3) is 0.962. The lowest BCUT2D eigenvalue weighted by molar-refractivity contribution is -0.876. The third-order valence-electron chi connectivity index (χ3n) is 5.67. The number of halogens is 1. The van der Waals surface area contributed by atoms with Gasteiger partial charge in [-0.15, -0.1) is 0 Å².